The molecule has 2 amide bonds. The van der Waals surface area contributed by atoms with Gasteiger partial charge >= 0.3 is 0 Å². The molecule has 1 aliphatic heterocycles. The Labute approximate surface area is 175 Å². The number of rotatable bonds is 6. The zero-order chi connectivity index (χ0) is 20.8. The van der Waals surface area contributed by atoms with Crippen molar-refractivity contribution >= 4 is 23.3 Å². The van der Waals surface area contributed by atoms with Crippen LogP contribution in [0.5, 0.6) is 0 Å². The molecular formula is C24H22N4O2. The Kier molecular flexibility index (Phi) is 5.85. The lowest BCUT2D eigenvalue weighted by molar-refractivity contribution is 0.0949. The molecule has 0 unspecified atom stereocenters. The van der Waals surface area contributed by atoms with Crippen LogP contribution in [-0.4, -0.2) is 30.7 Å². The van der Waals surface area contributed by atoms with Crippen molar-refractivity contribution in [3.05, 3.63) is 101 Å². The summed E-state index contributed by atoms with van der Waals surface area (Å²) >= 11 is 0. The third-order valence-corrected chi connectivity index (χ3v) is 4.80. The zero-order valence-electron chi connectivity index (χ0n) is 16.4. The molecule has 3 N–H and O–H groups in total. The van der Waals surface area contributed by atoms with Crippen molar-refractivity contribution in [3.8, 4) is 0 Å². The monoisotopic (exact) mass is 398 g/mol. The fourth-order valence-electron chi connectivity index (χ4n) is 3.16. The molecule has 3 aromatic rings. The van der Waals surface area contributed by atoms with Gasteiger partial charge in [-0.05, 0) is 54.1 Å². The molecule has 0 saturated heterocycles. The first-order chi connectivity index (χ1) is 14.7. The minimum Gasteiger partial charge on any atom is -0.368 e. The summed E-state index contributed by atoms with van der Waals surface area (Å²) in [5.41, 5.74) is 3.73. The van der Waals surface area contributed by atoms with Crippen molar-refractivity contribution in [2.24, 2.45) is 4.99 Å². The highest BCUT2D eigenvalue weighted by Crippen LogP contribution is 2.13. The minimum atomic E-state index is -0.227. The molecule has 0 saturated carbocycles. The van der Waals surface area contributed by atoms with Crippen LogP contribution in [-0.2, 0) is 6.54 Å². The third-order valence-electron chi connectivity index (χ3n) is 4.80. The SMILES string of the molecule is O=C(NCc1ccccc1)c1ccc(C(=O)Nc2ccc(C3=NCCN3)cc2)cc1. The summed E-state index contributed by atoms with van der Waals surface area (Å²) in [6.07, 6.45) is 0. The molecule has 0 fully saturated rings. The Morgan fingerprint density at radius 3 is 2.13 bits per heavy atom. The van der Waals surface area contributed by atoms with Crippen LogP contribution in [0.25, 0.3) is 0 Å². The number of amidine groups is 1. The summed E-state index contributed by atoms with van der Waals surface area (Å²) in [5.74, 6) is 0.481. The van der Waals surface area contributed by atoms with Gasteiger partial charge in [0.1, 0.15) is 5.84 Å². The van der Waals surface area contributed by atoms with Crippen molar-refractivity contribution < 1.29 is 9.59 Å². The lowest BCUT2D eigenvalue weighted by Crippen LogP contribution is -2.23. The third kappa shape index (κ3) is 4.72. The van der Waals surface area contributed by atoms with E-state index in [1.54, 1.807) is 24.3 Å². The average molecular weight is 398 g/mol. The van der Waals surface area contributed by atoms with Gasteiger partial charge in [-0.2, -0.15) is 0 Å². The fraction of sp³-hybridized carbons (Fsp3) is 0.125. The summed E-state index contributed by atoms with van der Waals surface area (Å²) in [6, 6.07) is 23.9. The Balaban J connectivity index is 1.34. The van der Waals surface area contributed by atoms with Gasteiger partial charge in [0.25, 0.3) is 11.8 Å². The fourth-order valence-corrected chi connectivity index (χ4v) is 3.16. The predicted octanol–water partition coefficient (Wildman–Crippen LogP) is 3.22. The van der Waals surface area contributed by atoms with Crippen molar-refractivity contribution in [2.75, 3.05) is 18.4 Å². The standard InChI is InChI=1S/C24H22N4O2/c29-23(27-16-17-4-2-1-3-5-17)19-6-8-20(9-7-19)24(30)28-21-12-10-18(11-13-21)22-25-14-15-26-22/h1-13H,14-16H2,(H,25,26)(H,27,29)(H,28,30). The van der Waals surface area contributed by atoms with Gasteiger partial charge in [-0.25, -0.2) is 0 Å². The van der Waals surface area contributed by atoms with Crippen molar-refractivity contribution in [1.29, 1.82) is 0 Å². The highest BCUT2D eigenvalue weighted by molar-refractivity contribution is 6.05. The highest BCUT2D eigenvalue weighted by atomic mass is 16.2. The average Bonchev–Trinajstić information content (AvgIpc) is 3.34. The number of hydrogen-bond acceptors (Lipinski definition) is 4. The largest absolute Gasteiger partial charge is 0.368 e. The lowest BCUT2D eigenvalue weighted by atomic mass is 10.1. The number of benzene rings is 3. The normalized spacial score (nSPS) is 12.6. The first kappa shape index (κ1) is 19.4. The number of nitrogens with one attached hydrogen (secondary N) is 3. The first-order valence-corrected chi connectivity index (χ1v) is 9.81. The molecule has 0 atom stereocenters. The number of amides is 2. The van der Waals surface area contributed by atoms with E-state index in [1.165, 1.54) is 0 Å². The number of aliphatic imine (C=N–C) groups is 1. The van der Waals surface area contributed by atoms with E-state index < -0.39 is 0 Å². The number of anilines is 1. The van der Waals surface area contributed by atoms with E-state index in [1.807, 2.05) is 54.6 Å². The molecule has 3 aromatic carbocycles. The maximum Gasteiger partial charge on any atom is 0.255 e. The summed E-state index contributed by atoms with van der Waals surface area (Å²) < 4.78 is 0. The van der Waals surface area contributed by atoms with Gasteiger partial charge in [0, 0.05) is 35.5 Å². The number of carbonyl (C=O) groups excluding carboxylic acids is 2. The summed E-state index contributed by atoms with van der Waals surface area (Å²) in [5, 5.41) is 8.97. The second-order valence-corrected chi connectivity index (χ2v) is 6.93. The maximum atomic E-state index is 12.5. The molecule has 1 heterocycles. The molecule has 0 aromatic heterocycles. The molecule has 0 aliphatic carbocycles. The Hall–Kier alpha value is -3.93. The molecule has 1 aliphatic rings. The van der Waals surface area contributed by atoms with Gasteiger partial charge in [-0.15, -0.1) is 0 Å². The molecular weight excluding hydrogens is 376 g/mol. The molecule has 30 heavy (non-hydrogen) atoms. The number of hydrogen-bond donors (Lipinski definition) is 3. The topological polar surface area (TPSA) is 82.6 Å². The lowest BCUT2D eigenvalue weighted by Gasteiger charge is -2.08. The highest BCUT2D eigenvalue weighted by Gasteiger charge is 2.11. The Bertz CT molecular complexity index is 1060. The Morgan fingerprint density at radius 1 is 0.833 bits per heavy atom. The van der Waals surface area contributed by atoms with Crippen LogP contribution in [0, 0.1) is 0 Å². The molecule has 4 rings (SSSR count). The van der Waals surface area contributed by atoms with Gasteiger partial charge in [-0.3, -0.25) is 14.6 Å². The summed E-state index contributed by atoms with van der Waals surface area (Å²) in [6.45, 7) is 2.10. The molecule has 0 radical (unpaired) electrons. The van der Waals surface area contributed by atoms with Crippen LogP contribution in [0.2, 0.25) is 0 Å². The van der Waals surface area contributed by atoms with Crippen molar-refractivity contribution in [2.45, 2.75) is 6.54 Å². The second-order valence-electron chi connectivity index (χ2n) is 6.93. The van der Waals surface area contributed by atoms with Crippen LogP contribution in [0.1, 0.15) is 31.8 Å². The van der Waals surface area contributed by atoms with E-state index in [0.717, 1.165) is 30.1 Å². The van der Waals surface area contributed by atoms with Crippen LogP contribution in [0.15, 0.2) is 83.9 Å². The van der Waals surface area contributed by atoms with Crippen molar-refractivity contribution in [3.63, 3.8) is 0 Å². The van der Waals surface area contributed by atoms with Crippen LogP contribution >= 0.6 is 0 Å². The first-order valence-electron chi connectivity index (χ1n) is 9.81. The van der Waals surface area contributed by atoms with E-state index in [-0.39, 0.29) is 11.8 Å². The summed E-state index contributed by atoms with van der Waals surface area (Å²) in [7, 11) is 0. The quantitative estimate of drug-likeness (QED) is 0.596. The molecule has 0 spiro atoms. The molecule has 6 nitrogen and oxygen atoms in total. The van der Waals surface area contributed by atoms with Gasteiger partial charge in [0.05, 0.1) is 6.54 Å². The molecule has 150 valence electrons. The van der Waals surface area contributed by atoms with E-state index in [2.05, 4.69) is 20.9 Å². The van der Waals surface area contributed by atoms with Crippen molar-refractivity contribution in [1.82, 2.24) is 10.6 Å². The van der Waals surface area contributed by atoms with Gasteiger partial charge in [0.15, 0.2) is 0 Å². The van der Waals surface area contributed by atoms with E-state index in [0.29, 0.717) is 23.4 Å². The minimum absolute atomic E-state index is 0.176. The molecule has 0 bridgehead atoms. The molecule has 6 heteroatoms. The Morgan fingerprint density at radius 2 is 1.50 bits per heavy atom. The second kappa shape index (κ2) is 9.05. The van der Waals surface area contributed by atoms with Gasteiger partial charge in [0.2, 0.25) is 0 Å². The van der Waals surface area contributed by atoms with Gasteiger partial charge in [-0.1, -0.05) is 30.3 Å². The smallest absolute Gasteiger partial charge is 0.255 e. The van der Waals surface area contributed by atoms with E-state index >= 15 is 0 Å². The zero-order valence-corrected chi connectivity index (χ0v) is 16.4. The predicted molar refractivity (Wildman–Crippen MR) is 118 cm³/mol. The van der Waals surface area contributed by atoms with Gasteiger partial charge < -0.3 is 16.0 Å². The van der Waals surface area contributed by atoms with Crippen LogP contribution in [0.3, 0.4) is 0 Å². The summed E-state index contributed by atoms with van der Waals surface area (Å²) in [4.78, 5) is 29.2. The number of nitrogens with zero attached hydrogens (tertiary/aromatic N) is 1. The van der Waals surface area contributed by atoms with Crippen LogP contribution < -0.4 is 16.0 Å². The van der Waals surface area contributed by atoms with E-state index in [9.17, 15) is 9.59 Å². The van der Waals surface area contributed by atoms with Crippen LogP contribution in [0.4, 0.5) is 5.69 Å². The maximum absolute atomic E-state index is 12.5. The number of carbonyl (C=O) groups is 2. The van der Waals surface area contributed by atoms with E-state index in [4.69, 9.17) is 0 Å².